The SMILES string of the molecule is CC(C)Cc1nccc(N2CCC(C(=O)O)CC2)n1. The summed E-state index contributed by atoms with van der Waals surface area (Å²) in [7, 11) is 0. The Balaban J connectivity index is 2.01. The number of hydrogen-bond donors (Lipinski definition) is 1. The van der Waals surface area contributed by atoms with E-state index >= 15 is 0 Å². The van der Waals surface area contributed by atoms with Gasteiger partial charge in [0.1, 0.15) is 11.6 Å². The molecule has 0 aliphatic carbocycles. The normalized spacial score (nSPS) is 16.9. The maximum absolute atomic E-state index is 10.9. The number of carboxylic acids is 1. The highest BCUT2D eigenvalue weighted by Crippen LogP contribution is 2.22. The standard InChI is InChI=1S/C14H21N3O2/c1-10(2)9-12-15-6-3-13(16-12)17-7-4-11(5-8-17)14(18)19/h3,6,10-11H,4-5,7-9H2,1-2H3,(H,18,19). The third-order valence-corrected chi connectivity index (χ3v) is 3.45. The molecule has 2 rings (SSSR count). The van der Waals surface area contributed by atoms with Crippen LogP contribution in [0.3, 0.4) is 0 Å². The van der Waals surface area contributed by atoms with Crippen LogP contribution in [0, 0.1) is 11.8 Å². The zero-order chi connectivity index (χ0) is 13.8. The van der Waals surface area contributed by atoms with Crippen molar-refractivity contribution < 1.29 is 9.90 Å². The summed E-state index contributed by atoms with van der Waals surface area (Å²) in [5, 5.41) is 8.99. The Hall–Kier alpha value is -1.65. The average molecular weight is 263 g/mol. The van der Waals surface area contributed by atoms with Crippen LogP contribution in [0.15, 0.2) is 12.3 Å². The quantitative estimate of drug-likeness (QED) is 0.899. The van der Waals surface area contributed by atoms with E-state index < -0.39 is 5.97 Å². The van der Waals surface area contributed by atoms with Gasteiger partial charge in [0.15, 0.2) is 0 Å². The molecule has 0 spiro atoms. The second-order valence-electron chi connectivity index (χ2n) is 5.53. The lowest BCUT2D eigenvalue weighted by Gasteiger charge is -2.31. The first-order chi connectivity index (χ1) is 9.06. The summed E-state index contributed by atoms with van der Waals surface area (Å²) >= 11 is 0. The van der Waals surface area contributed by atoms with Crippen molar-refractivity contribution >= 4 is 11.8 Å². The number of aliphatic carboxylic acids is 1. The molecule has 1 aliphatic rings. The zero-order valence-electron chi connectivity index (χ0n) is 11.5. The maximum atomic E-state index is 10.9. The Kier molecular flexibility index (Phi) is 4.35. The van der Waals surface area contributed by atoms with Gasteiger partial charge in [-0.15, -0.1) is 0 Å². The highest BCUT2D eigenvalue weighted by Gasteiger charge is 2.25. The summed E-state index contributed by atoms with van der Waals surface area (Å²) < 4.78 is 0. The van der Waals surface area contributed by atoms with E-state index in [1.54, 1.807) is 6.20 Å². The molecule has 0 atom stereocenters. The fraction of sp³-hybridized carbons (Fsp3) is 0.643. The predicted molar refractivity (Wildman–Crippen MR) is 73.1 cm³/mol. The van der Waals surface area contributed by atoms with Gasteiger partial charge in [0.25, 0.3) is 0 Å². The van der Waals surface area contributed by atoms with Crippen molar-refractivity contribution in [2.24, 2.45) is 11.8 Å². The topological polar surface area (TPSA) is 66.3 Å². The van der Waals surface area contributed by atoms with Crippen molar-refractivity contribution in [2.45, 2.75) is 33.1 Å². The first kappa shape index (κ1) is 13.8. The van der Waals surface area contributed by atoms with Gasteiger partial charge < -0.3 is 10.0 Å². The Morgan fingerprint density at radius 3 is 2.74 bits per heavy atom. The van der Waals surface area contributed by atoms with E-state index in [-0.39, 0.29) is 5.92 Å². The molecule has 0 unspecified atom stereocenters. The van der Waals surface area contributed by atoms with Crippen LogP contribution in [0.2, 0.25) is 0 Å². The second kappa shape index (κ2) is 5.99. The molecule has 0 aromatic carbocycles. The van der Waals surface area contributed by atoms with Gasteiger partial charge in [-0.05, 0) is 24.8 Å². The molecular weight excluding hydrogens is 242 g/mol. The van der Waals surface area contributed by atoms with Crippen molar-refractivity contribution in [2.75, 3.05) is 18.0 Å². The van der Waals surface area contributed by atoms with Crippen LogP contribution >= 0.6 is 0 Å². The number of nitrogens with zero attached hydrogens (tertiary/aromatic N) is 3. The number of piperidine rings is 1. The van der Waals surface area contributed by atoms with Gasteiger partial charge >= 0.3 is 5.97 Å². The smallest absolute Gasteiger partial charge is 0.306 e. The van der Waals surface area contributed by atoms with E-state index in [2.05, 4.69) is 28.7 Å². The first-order valence-corrected chi connectivity index (χ1v) is 6.86. The Morgan fingerprint density at radius 1 is 1.47 bits per heavy atom. The van der Waals surface area contributed by atoms with E-state index in [1.165, 1.54) is 0 Å². The molecule has 1 aliphatic heterocycles. The van der Waals surface area contributed by atoms with E-state index in [0.717, 1.165) is 31.2 Å². The summed E-state index contributed by atoms with van der Waals surface area (Å²) in [6.45, 7) is 5.81. The van der Waals surface area contributed by atoms with Crippen molar-refractivity contribution in [1.82, 2.24) is 9.97 Å². The van der Waals surface area contributed by atoms with Crippen molar-refractivity contribution in [3.8, 4) is 0 Å². The molecule has 1 aromatic rings. The van der Waals surface area contributed by atoms with Gasteiger partial charge in [-0.3, -0.25) is 4.79 Å². The van der Waals surface area contributed by atoms with Crippen molar-refractivity contribution in [3.63, 3.8) is 0 Å². The van der Waals surface area contributed by atoms with Crippen LogP contribution in [0.4, 0.5) is 5.82 Å². The summed E-state index contributed by atoms with van der Waals surface area (Å²) in [6, 6.07) is 1.91. The van der Waals surface area contributed by atoms with Gasteiger partial charge in [-0.1, -0.05) is 13.8 Å². The first-order valence-electron chi connectivity index (χ1n) is 6.86. The number of hydrogen-bond acceptors (Lipinski definition) is 4. The Labute approximate surface area is 113 Å². The predicted octanol–water partition coefficient (Wildman–Crippen LogP) is 1.98. The highest BCUT2D eigenvalue weighted by molar-refractivity contribution is 5.70. The molecule has 1 fully saturated rings. The van der Waals surface area contributed by atoms with Gasteiger partial charge in [0.05, 0.1) is 5.92 Å². The van der Waals surface area contributed by atoms with E-state index in [0.29, 0.717) is 18.8 Å². The minimum atomic E-state index is -0.678. The minimum Gasteiger partial charge on any atom is -0.481 e. The molecular formula is C14H21N3O2. The molecule has 2 heterocycles. The third kappa shape index (κ3) is 3.66. The van der Waals surface area contributed by atoms with E-state index in [4.69, 9.17) is 5.11 Å². The molecule has 1 saturated heterocycles. The summed E-state index contributed by atoms with van der Waals surface area (Å²) in [5.74, 6) is 1.45. The molecule has 0 bridgehead atoms. The molecule has 1 N–H and O–H groups in total. The van der Waals surface area contributed by atoms with Crippen LogP contribution in [0.25, 0.3) is 0 Å². The maximum Gasteiger partial charge on any atom is 0.306 e. The van der Waals surface area contributed by atoms with Crippen molar-refractivity contribution in [3.05, 3.63) is 18.1 Å². The van der Waals surface area contributed by atoms with Gasteiger partial charge in [-0.2, -0.15) is 0 Å². The lowest BCUT2D eigenvalue weighted by Crippen LogP contribution is -2.36. The third-order valence-electron chi connectivity index (χ3n) is 3.45. The summed E-state index contributed by atoms with van der Waals surface area (Å²) in [4.78, 5) is 21.9. The van der Waals surface area contributed by atoms with Gasteiger partial charge in [-0.25, -0.2) is 9.97 Å². The van der Waals surface area contributed by atoms with Crippen LogP contribution in [0.5, 0.6) is 0 Å². The molecule has 1 aromatic heterocycles. The van der Waals surface area contributed by atoms with Crippen LogP contribution in [-0.4, -0.2) is 34.1 Å². The highest BCUT2D eigenvalue weighted by atomic mass is 16.4. The van der Waals surface area contributed by atoms with E-state index in [9.17, 15) is 4.79 Å². The molecule has 0 radical (unpaired) electrons. The van der Waals surface area contributed by atoms with Crippen molar-refractivity contribution in [1.29, 1.82) is 0 Å². The molecule has 5 heteroatoms. The summed E-state index contributed by atoms with van der Waals surface area (Å²) in [5.41, 5.74) is 0. The lowest BCUT2D eigenvalue weighted by atomic mass is 9.97. The molecule has 104 valence electrons. The monoisotopic (exact) mass is 263 g/mol. The number of aromatic nitrogens is 2. The molecule has 0 saturated carbocycles. The van der Waals surface area contributed by atoms with Crippen LogP contribution in [-0.2, 0) is 11.2 Å². The number of carbonyl (C=O) groups is 1. The summed E-state index contributed by atoms with van der Waals surface area (Å²) in [6.07, 6.45) is 4.06. The van der Waals surface area contributed by atoms with Crippen LogP contribution in [0.1, 0.15) is 32.5 Å². The second-order valence-corrected chi connectivity index (χ2v) is 5.53. The largest absolute Gasteiger partial charge is 0.481 e. The van der Waals surface area contributed by atoms with Crippen LogP contribution < -0.4 is 4.90 Å². The average Bonchev–Trinajstić information content (AvgIpc) is 2.38. The fourth-order valence-electron chi connectivity index (χ4n) is 2.38. The molecule has 5 nitrogen and oxygen atoms in total. The fourth-order valence-corrected chi connectivity index (χ4v) is 2.38. The Morgan fingerprint density at radius 2 is 2.16 bits per heavy atom. The number of rotatable bonds is 4. The zero-order valence-corrected chi connectivity index (χ0v) is 11.5. The molecule has 19 heavy (non-hydrogen) atoms. The lowest BCUT2D eigenvalue weighted by molar-refractivity contribution is -0.142. The number of anilines is 1. The minimum absolute atomic E-state index is 0.201. The van der Waals surface area contributed by atoms with Gasteiger partial charge in [0, 0.05) is 25.7 Å². The van der Waals surface area contributed by atoms with E-state index in [1.807, 2.05) is 6.07 Å². The Bertz CT molecular complexity index is 440. The number of carboxylic acid groups (broad SMARTS) is 1. The van der Waals surface area contributed by atoms with Gasteiger partial charge in [0.2, 0.25) is 0 Å². The molecule has 0 amide bonds.